The van der Waals surface area contributed by atoms with E-state index < -0.39 is 5.82 Å². The van der Waals surface area contributed by atoms with Gasteiger partial charge >= 0.3 is 0 Å². The largest absolute Gasteiger partial charge is 0.296 e. The Morgan fingerprint density at radius 1 is 1.24 bits per heavy atom. The molecule has 1 aromatic heterocycles. The lowest BCUT2D eigenvalue weighted by Gasteiger charge is -2.11. The van der Waals surface area contributed by atoms with Gasteiger partial charge in [-0.2, -0.15) is 0 Å². The van der Waals surface area contributed by atoms with Crippen molar-refractivity contribution in [1.82, 2.24) is 9.55 Å². The predicted molar refractivity (Wildman–Crippen MR) is 85.2 cm³/mol. The van der Waals surface area contributed by atoms with Crippen molar-refractivity contribution in [2.24, 2.45) is 0 Å². The van der Waals surface area contributed by atoms with Gasteiger partial charge in [-0.05, 0) is 24.6 Å². The number of benzene rings is 2. The van der Waals surface area contributed by atoms with E-state index in [1.54, 1.807) is 6.07 Å². The first kappa shape index (κ1) is 14.4. The highest BCUT2D eigenvalue weighted by Crippen LogP contribution is 2.28. The lowest BCUT2D eigenvalue weighted by molar-refractivity contribution is 0.630. The molecule has 5 heteroatoms. The number of imidazole rings is 1. The van der Waals surface area contributed by atoms with Crippen molar-refractivity contribution in [1.29, 1.82) is 0 Å². The van der Waals surface area contributed by atoms with E-state index in [-0.39, 0.29) is 5.02 Å². The fourth-order valence-electron chi connectivity index (χ4n) is 2.46. The quantitative estimate of drug-likeness (QED) is 0.626. The summed E-state index contributed by atoms with van der Waals surface area (Å²) in [6.45, 7) is 2.02. The Balaban J connectivity index is 2.35. The highest BCUT2D eigenvalue weighted by Gasteiger charge is 2.15. The fraction of sp³-hybridized carbons (Fsp3) is 0.188. The van der Waals surface area contributed by atoms with Crippen molar-refractivity contribution in [3.8, 4) is 5.69 Å². The Kier molecular flexibility index (Phi) is 3.87. The summed E-state index contributed by atoms with van der Waals surface area (Å²) in [5.74, 6) is 0.790. The SMILES string of the molecule is Cc1ccccc1-n1c(CCCl)nc2cc(F)c(Cl)cc21. The summed E-state index contributed by atoms with van der Waals surface area (Å²) in [5, 5.41) is 0.0923. The van der Waals surface area contributed by atoms with Crippen LogP contribution in [-0.2, 0) is 6.42 Å². The number of alkyl halides is 1. The zero-order chi connectivity index (χ0) is 15.0. The molecule has 0 radical (unpaired) electrons. The van der Waals surface area contributed by atoms with Crippen molar-refractivity contribution >= 4 is 34.2 Å². The van der Waals surface area contributed by atoms with E-state index in [1.165, 1.54) is 6.07 Å². The summed E-state index contributed by atoms with van der Waals surface area (Å²) in [7, 11) is 0. The molecule has 0 atom stereocenters. The summed E-state index contributed by atoms with van der Waals surface area (Å²) < 4.78 is 15.6. The zero-order valence-corrected chi connectivity index (χ0v) is 12.9. The van der Waals surface area contributed by atoms with Crippen LogP contribution in [0.2, 0.25) is 5.02 Å². The van der Waals surface area contributed by atoms with Gasteiger partial charge in [0.1, 0.15) is 11.6 Å². The maximum Gasteiger partial charge on any atom is 0.144 e. The van der Waals surface area contributed by atoms with Crippen LogP contribution in [0.15, 0.2) is 36.4 Å². The molecule has 21 heavy (non-hydrogen) atoms. The van der Waals surface area contributed by atoms with Gasteiger partial charge in [0.2, 0.25) is 0 Å². The first-order valence-corrected chi connectivity index (χ1v) is 7.51. The van der Waals surface area contributed by atoms with E-state index in [4.69, 9.17) is 23.2 Å². The van der Waals surface area contributed by atoms with Crippen molar-refractivity contribution in [2.75, 3.05) is 5.88 Å². The molecule has 0 saturated heterocycles. The summed E-state index contributed by atoms with van der Waals surface area (Å²) >= 11 is 11.8. The van der Waals surface area contributed by atoms with Gasteiger partial charge < -0.3 is 0 Å². The Hall–Kier alpha value is -1.58. The molecule has 0 bridgehead atoms. The third-order valence-electron chi connectivity index (χ3n) is 3.44. The van der Waals surface area contributed by atoms with Crippen LogP contribution in [0.1, 0.15) is 11.4 Å². The summed E-state index contributed by atoms with van der Waals surface area (Å²) in [6.07, 6.45) is 0.601. The minimum absolute atomic E-state index is 0.0923. The third kappa shape index (κ3) is 2.52. The maximum atomic E-state index is 13.6. The van der Waals surface area contributed by atoms with Gasteiger partial charge in [0, 0.05) is 18.4 Å². The second kappa shape index (κ2) is 5.66. The van der Waals surface area contributed by atoms with E-state index in [1.807, 2.05) is 35.8 Å². The Bertz CT molecular complexity index is 811. The second-order valence-corrected chi connectivity index (χ2v) is 5.63. The summed E-state index contributed by atoms with van der Waals surface area (Å²) in [5.41, 5.74) is 3.48. The first-order valence-electron chi connectivity index (χ1n) is 6.60. The highest BCUT2D eigenvalue weighted by atomic mass is 35.5. The normalized spacial score (nSPS) is 11.2. The van der Waals surface area contributed by atoms with Crippen LogP contribution in [0.4, 0.5) is 4.39 Å². The van der Waals surface area contributed by atoms with Crippen molar-refractivity contribution < 1.29 is 4.39 Å². The molecule has 0 aliphatic carbocycles. The Morgan fingerprint density at radius 2 is 2.00 bits per heavy atom. The van der Waals surface area contributed by atoms with Crippen LogP contribution in [0.3, 0.4) is 0 Å². The van der Waals surface area contributed by atoms with Crippen LogP contribution in [-0.4, -0.2) is 15.4 Å². The average Bonchev–Trinajstić information content (AvgIpc) is 2.78. The van der Waals surface area contributed by atoms with Gasteiger partial charge in [0.15, 0.2) is 0 Å². The molecule has 0 aliphatic heterocycles. The maximum absolute atomic E-state index is 13.6. The lowest BCUT2D eigenvalue weighted by Crippen LogP contribution is -2.03. The zero-order valence-electron chi connectivity index (χ0n) is 11.4. The van der Waals surface area contributed by atoms with E-state index >= 15 is 0 Å². The average molecular weight is 323 g/mol. The van der Waals surface area contributed by atoms with Gasteiger partial charge in [-0.1, -0.05) is 29.8 Å². The molecule has 0 aliphatic rings. The van der Waals surface area contributed by atoms with E-state index in [0.717, 1.165) is 22.6 Å². The minimum Gasteiger partial charge on any atom is -0.296 e. The third-order valence-corrected chi connectivity index (χ3v) is 3.92. The Morgan fingerprint density at radius 3 is 2.71 bits per heavy atom. The number of hydrogen-bond donors (Lipinski definition) is 0. The molecule has 0 spiro atoms. The molecular weight excluding hydrogens is 310 g/mol. The number of hydrogen-bond acceptors (Lipinski definition) is 1. The van der Waals surface area contributed by atoms with Crippen LogP contribution < -0.4 is 0 Å². The van der Waals surface area contributed by atoms with E-state index in [2.05, 4.69) is 4.98 Å². The van der Waals surface area contributed by atoms with Gasteiger partial charge in [-0.15, -0.1) is 11.6 Å². The van der Waals surface area contributed by atoms with Crippen LogP contribution in [0.5, 0.6) is 0 Å². The van der Waals surface area contributed by atoms with Crippen molar-refractivity contribution in [3.63, 3.8) is 0 Å². The van der Waals surface area contributed by atoms with Gasteiger partial charge in [0.05, 0.1) is 21.7 Å². The lowest BCUT2D eigenvalue weighted by atomic mass is 10.2. The number of fused-ring (bicyclic) bond motifs is 1. The van der Waals surface area contributed by atoms with Gasteiger partial charge in [-0.3, -0.25) is 4.57 Å². The summed E-state index contributed by atoms with van der Waals surface area (Å²) in [6, 6.07) is 10.9. The van der Waals surface area contributed by atoms with E-state index in [9.17, 15) is 4.39 Å². The topological polar surface area (TPSA) is 17.8 Å². The van der Waals surface area contributed by atoms with Gasteiger partial charge in [0.25, 0.3) is 0 Å². The molecular formula is C16H13Cl2FN2. The molecule has 2 aromatic carbocycles. The molecule has 2 nitrogen and oxygen atoms in total. The van der Waals surface area contributed by atoms with Crippen molar-refractivity contribution in [3.05, 3.63) is 58.6 Å². The highest BCUT2D eigenvalue weighted by molar-refractivity contribution is 6.31. The molecule has 3 rings (SSSR count). The number of halogens is 3. The number of nitrogens with zero attached hydrogens (tertiary/aromatic N) is 2. The minimum atomic E-state index is -0.462. The number of para-hydroxylation sites is 1. The second-order valence-electron chi connectivity index (χ2n) is 4.84. The number of aryl methyl sites for hydroxylation is 2. The number of rotatable bonds is 3. The molecule has 3 aromatic rings. The number of aromatic nitrogens is 2. The monoisotopic (exact) mass is 322 g/mol. The molecule has 108 valence electrons. The fourth-order valence-corrected chi connectivity index (χ4v) is 2.78. The molecule has 0 fully saturated rings. The smallest absolute Gasteiger partial charge is 0.144 e. The van der Waals surface area contributed by atoms with Crippen LogP contribution in [0, 0.1) is 12.7 Å². The summed E-state index contributed by atoms with van der Waals surface area (Å²) in [4.78, 5) is 4.50. The van der Waals surface area contributed by atoms with E-state index in [0.29, 0.717) is 17.8 Å². The van der Waals surface area contributed by atoms with Crippen LogP contribution in [0.25, 0.3) is 16.7 Å². The standard InChI is InChI=1S/C16H13Cl2FN2/c1-10-4-2-3-5-14(10)21-15-8-11(18)12(19)9-13(15)20-16(21)6-7-17/h2-5,8-9H,6-7H2,1H3. The molecule has 0 saturated carbocycles. The molecule has 1 heterocycles. The first-order chi connectivity index (χ1) is 10.1. The molecule has 0 unspecified atom stereocenters. The van der Waals surface area contributed by atoms with Crippen molar-refractivity contribution in [2.45, 2.75) is 13.3 Å². The van der Waals surface area contributed by atoms with Gasteiger partial charge in [-0.25, -0.2) is 9.37 Å². The molecule has 0 amide bonds. The molecule has 0 N–H and O–H groups in total. The predicted octanol–water partition coefficient (Wildman–Crippen LogP) is 4.91. The van der Waals surface area contributed by atoms with Crippen LogP contribution >= 0.6 is 23.2 Å². The Labute approximate surface area is 132 Å².